The van der Waals surface area contributed by atoms with Crippen molar-refractivity contribution in [3.8, 4) is 0 Å². The molecule has 0 bridgehead atoms. The van der Waals surface area contributed by atoms with Crippen LogP contribution in [0.15, 0.2) is 24.3 Å². The van der Waals surface area contributed by atoms with Gasteiger partial charge in [-0.05, 0) is 31.7 Å². The van der Waals surface area contributed by atoms with Crippen LogP contribution in [0.5, 0.6) is 0 Å². The molecule has 5 nitrogen and oxygen atoms in total. The van der Waals surface area contributed by atoms with Gasteiger partial charge in [0.1, 0.15) is 6.10 Å². The summed E-state index contributed by atoms with van der Waals surface area (Å²) in [6.07, 6.45) is 4.05. The van der Waals surface area contributed by atoms with Crippen LogP contribution in [0.4, 0.5) is 0 Å². The van der Waals surface area contributed by atoms with Crippen molar-refractivity contribution >= 4 is 11.9 Å². The van der Waals surface area contributed by atoms with E-state index in [1.54, 1.807) is 6.07 Å². The Morgan fingerprint density at radius 2 is 2.12 bits per heavy atom. The maximum atomic E-state index is 12.8. The van der Waals surface area contributed by atoms with Crippen LogP contribution in [-0.4, -0.2) is 42.6 Å². The van der Waals surface area contributed by atoms with Crippen LogP contribution >= 0.6 is 0 Å². The lowest BCUT2D eigenvalue weighted by Gasteiger charge is -2.30. The smallest absolute Gasteiger partial charge is 0.339 e. The second-order valence-electron chi connectivity index (χ2n) is 6.51. The molecule has 1 saturated heterocycles. The van der Waals surface area contributed by atoms with Gasteiger partial charge in [-0.3, -0.25) is 4.79 Å². The Bertz CT molecular complexity index is 595. The zero-order valence-corrected chi connectivity index (χ0v) is 14.2. The number of ether oxygens (including phenoxy) is 2. The van der Waals surface area contributed by atoms with Gasteiger partial charge >= 0.3 is 5.97 Å². The number of benzene rings is 1. The predicted octanol–water partition coefficient (Wildman–Crippen LogP) is 3.10. The van der Waals surface area contributed by atoms with Crippen molar-refractivity contribution in [2.45, 2.75) is 51.2 Å². The Morgan fingerprint density at radius 1 is 1.29 bits per heavy atom. The van der Waals surface area contributed by atoms with E-state index in [1.807, 2.05) is 23.1 Å². The van der Waals surface area contributed by atoms with Gasteiger partial charge in [0.15, 0.2) is 0 Å². The fraction of sp³-hybridized carbons (Fsp3) is 0.579. The summed E-state index contributed by atoms with van der Waals surface area (Å²) in [5.74, 6) is -0.304. The molecule has 1 amide bonds. The lowest BCUT2D eigenvalue weighted by atomic mass is 10.0. The first-order chi connectivity index (χ1) is 11.7. The minimum absolute atomic E-state index is 0.0283. The molecule has 3 rings (SSSR count). The minimum atomic E-state index is -0.465. The standard InChI is InChI=1S/C19H25NO4/c1-2-10-20(13-14-7-5-6-11-23-14)18(21)12-17-15-8-3-4-9-16(15)19(22)24-17/h3-4,8-9,14,17H,2,5-7,10-13H2,1H3/t14-,17+/m0/s1. The van der Waals surface area contributed by atoms with Gasteiger partial charge in [-0.1, -0.05) is 25.1 Å². The number of carbonyl (C=O) groups excluding carboxylic acids is 2. The zero-order valence-electron chi connectivity index (χ0n) is 14.2. The van der Waals surface area contributed by atoms with Crippen molar-refractivity contribution in [1.29, 1.82) is 0 Å². The Balaban J connectivity index is 1.64. The first-order valence-electron chi connectivity index (χ1n) is 8.88. The number of esters is 1. The summed E-state index contributed by atoms with van der Waals surface area (Å²) < 4.78 is 11.2. The molecule has 0 radical (unpaired) electrons. The van der Waals surface area contributed by atoms with Crippen molar-refractivity contribution < 1.29 is 19.1 Å². The molecule has 0 spiro atoms. The third kappa shape index (κ3) is 3.78. The molecule has 2 aliphatic heterocycles. The lowest BCUT2D eigenvalue weighted by Crippen LogP contribution is -2.40. The van der Waals surface area contributed by atoms with Crippen molar-refractivity contribution in [3.05, 3.63) is 35.4 Å². The largest absolute Gasteiger partial charge is 0.453 e. The summed E-state index contributed by atoms with van der Waals surface area (Å²) >= 11 is 0. The fourth-order valence-corrected chi connectivity index (χ4v) is 3.44. The number of fused-ring (bicyclic) bond motifs is 1. The molecule has 2 aliphatic rings. The third-order valence-electron chi connectivity index (χ3n) is 4.68. The topological polar surface area (TPSA) is 55.8 Å². The molecule has 24 heavy (non-hydrogen) atoms. The van der Waals surface area contributed by atoms with Crippen LogP contribution in [-0.2, 0) is 14.3 Å². The molecular weight excluding hydrogens is 306 g/mol. The highest BCUT2D eigenvalue weighted by Gasteiger charge is 2.33. The molecule has 0 saturated carbocycles. The van der Waals surface area contributed by atoms with E-state index in [2.05, 4.69) is 6.92 Å². The Hall–Kier alpha value is -1.88. The summed E-state index contributed by atoms with van der Waals surface area (Å²) in [4.78, 5) is 26.5. The molecule has 0 aliphatic carbocycles. The molecule has 1 fully saturated rings. The number of hydrogen-bond acceptors (Lipinski definition) is 4. The molecule has 0 aromatic heterocycles. The SMILES string of the molecule is CCCN(C[C@@H]1CCCCO1)C(=O)C[C@H]1OC(=O)c2ccccc21. The summed E-state index contributed by atoms with van der Waals surface area (Å²) in [5, 5.41) is 0. The zero-order chi connectivity index (χ0) is 16.9. The summed E-state index contributed by atoms with van der Waals surface area (Å²) in [5.41, 5.74) is 1.40. The maximum Gasteiger partial charge on any atom is 0.339 e. The average molecular weight is 331 g/mol. The lowest BCUT2D eigenvalue weighted by molar-refractivity contribution is -0.136. The number of rotatable bonds is 6. The Labute approximate surface area is 142 Å². The molecule has 0 unspecified atom stereocenters. The summed E-state index contributed by atoms with van der Waals surface area (Å²) in [6.45, 7) is 4.19. The molecule has 1 aromatic carbocycles. The van der Waals surface area contributed by atoms with E-state index in [1.165, 1.54) is 0 Å². The highest BCUT2D eigenvalue weighted by molar-refractivity contribution is 5.94. The van der Waals surface area contributed by atoms with Crippen molar-refractivity contribution in [2.24, 2.45) is 0 Å². The first-order valence-corrected chi connectivity index (χ1v) is 8.88. The van der Waals surface area contributed by atoms with Crippen molar-refractivity contribution in [3.63, 3.8) is 0 Å². The van der Waals surface area contributed by atoms with Gasteiger partial charge in [-0.2, -0.15) is 0 Å². The van der Waals surface area contributed by atoms with E-state index in [4.69, 9.17) is 9.47 Å². The molecule has 2 heterocycles. The van der Waals surface area contributed by atoms with Gasteiger partial charge in [0.05, 0.1) is 18.1 Å². The van der Waals surface area contributed by atoms with E-state index in [0.29, 0.717) is 18.7 Å². The normalized spacial score (nSPS) is 22.8. The number of amides is 1. The molecule has 2 atom stereocenters. The van der Waals surface area contributed by atoms with E-state index < -0.39 is 6.10 Å². The Morgan fingerprint density at radius 3 is 2.88 bits per heavy atom. The van der Waals surface area contributed by atoms with E-state index in [9.17, 15) is 9.59 Å². The fourth-order valence-electron chi connectivity index (χ4n) is 3.44. The van der Waals surface area contributed by atoms with Crippen LogP contribution in [0.2, 0.25) is 0 Å². The van der Waals surface area contributed by atoms with Crippen LogP contribution in [0.1, 0.15) is 61.1 Å². The van der Waals surface area contributed by atoms with Gasteiger partial charge in [0.2, 0.25) is 5.91 Å². The number of hydrogen-bond donors (Lipinski definition) is 0. The monoisotopic (exact) mass is 331 g/mol. The van der Waals surface area contributed by atoms with Crippen LogP contribution in [0, 0.1) is 0 Å². The number of cyclic esters (lactones) is 1. The average Bonchev–Trinajstić information content (AvgIpc) is 2.92. The third-order valence-corrected chi connectivity index (χ3v) is 4.68. The summed E-state index contributed by atoms with van der Waals surface area (Å²) in [6, 6.07) is 7.31. The van der Waals surface area contributed by atoms with Gasteiger partial charge in [-0.15, -0.1) is 0 Å². The second kappa shape index (κ2) is 7.79. The van der Waals surface area contributed by atoms with Crippen LogP contribution in [0.25, 0.3) is 0 Å². The van der Waals surface area contributed by atoms with Crippen LogP contribution in [0.3, 0.4) is 0 Å². The van der Waals surface area contributed by atoms with Gasteiger partial charge in [0, 0.05) is 25.3 Å². The molecular formula is C19H25NO4. The molecule has 130 valence electrons. The van der Waals surface area contributed by atoms with E-state index in [-0.39, 0.29) is 24.4 Å². The van der Waals surface area contributed by atoms with Crippen molar-refractivity contribution in [2.75, 3.05) is 19.7 Å². The summed E-state index contributed by atoms with van der Waals surface area (Å²) in [7, 11) is 0. The second-order valence-corrected chi connectivity index (χ2v) is 6.51. The molecule has 5 heteroatoms. The number of nitrogens with zero attached hydrogens (tertiary/aromatic N) is 1. The first kappa shape index (κ1) is 17.0. The molecule has 1 aromatic rings. The maximum absolute atomic E-state index is 12.8. The van der Waals surface area contributed by atoms with Gasteiger partial charge in [0.25, 0.3) is 0 Å². The predicted molar refractivity (Wildman–Crippen MR) is 89.7 cm³/mol. The van der Waals surface area contributed by atoms with E-state index >= 15 is 0 Å². The Kier molecular flexibility index (Phi) is 5.51. The highest BCUT2D eigenvalue weighted by Crippen LogP contribution is 2.33. The van der Waals surface area contributed by atoms with Crippen molar-refractivity contribution in [1.82, 2.24) is 4.90 Å². The minimum Gasteiger partial charge on any atom is -0.453 e. The number of carbonyl (C=O) groups is 2. The van der Waals surface area contributed by atoms with Crippen LogP contribution < -0.4 is 0 Å². The van der Waals surface area contributed by atoms with Gasteiger partial charge in [-0.25, -0.2) is 4.79 Å². The van der Waals surface area contributed by atoms with E-state index in [0.717, 1.165) is 37.9 Å². The quantitative estimate of drug-likeness (QED) is 0.752. The highest BCUT2D eigenvalue weighted by atomic mass is 16.5. The molecule has 0 N–H and O–H groups in total. The van der Waals surface area contributed by atoms with Gasteiger partial charge < -0.3 is 14.4 Å².